The van der Waals surface area contributed by atoms with Crippen molar-refractivity contribution in [3.8, 4) is 0 Å². The molecule has 2 aliphatic heterocycles. The van der Waals surface area contributed by atoms with Gasteiger partial charge in [-0.05, 0) is 56.1 Å². The molecule has 2 aromatic rings. The lowest BCUT2D eigenvalue weighted by Gasteiger charge is -2.47. The number of morpholine rings is 1. The summed E-state index contributed by atoms with van der Waals surface area (Å²) >= 11 is 0. The maximum atomic E-state index is 13.7. The Kier molecular flexibility index (Phi) is 5.51. The number of hydrogen-bond acceptors (Lipinski definition) is 4. The molecule has 3 heterocycles. The van der Waals surface area contributed by atoms with Crippen molar-refractivity contribution in [3.05, 3.63) is 53.7 Å². The number of benzene rings is 1. The quantitative estimate of drug-likeness (QED) is 0.785. The van der Waals surface area contributed by atoms with Crippen LogP contribution in [0.25, 0.3) is 0 Å². The van der Waals surface area contributed by atoms with Crippen LogP contribution in [0.2, 0.25) is 0 Å². The molecule has 6 heteroatoms. The molecule has 0 N–H and O–H groups in total. The lowest BCUT2D eigenvalue weighted by molar-refractivity contribution is -0.146. The second kappa shape index (κ2) is 8.05. The van der Waals surface area contributed by atoms with Crippen molar-refractivity contribution in [3.63, 3.8) is 0 Å². The average molecular weight is 386 g/mol. The predicted molar refractivity (Wildman–Crippen MR) is 105 cm³/mol. The van der Waals surface area contributed by atoms with Crippen molar-refractivity contribution < 1.29 is 18.3 Å². The van der Waals surface area contributed by atoms with E-state index in [1.165, 1.54) is 12.1 Å². The average Bonchev–Trinajstić information content (AvgIpc) is 3.11. The minimum Gasteiger partial charge on any atom is -0.465 e. The fourth-order valence-electron chi connectivity index (χ4n) is 4.27. The number of amides is 1. The molecule has 1 aromatic carbocycles. The van der Waals surface area contributed by atoms with E-state index in [1.54, 1.807) is 17.0 Å². The minimum absolute atomic E-state index is 0.0335. The van der Waals surface area contributed by atoms with E-state index in [0.717, 1.165) is 56.8 Å². The van der Waals surface area contributed by atoms with Gasteiger partial charge in [-0.3, -0.25) is 9.69 Å². The molecule has 4 rings (SSSR count). The summed E-state index contributed by atoms with van der Waals surface area (Å²) in [7, 11) is 0. The highest BCUT2D eigenvalue weighted by atomic mass is 19.1. The molecule has 0 bridgehead atoms. The number of halogens is 1. The van der Waals surface area contributed by atoms with Crippen LogP contribution in [0.1, 0.15) is 37.7 Å². The first-order chi connectivity index (χ1) is 13.6. The molecule has 5 nitrogen and oxygen atoms in total. The van der Waals surface area contributed by atoms with Crippen LogP contribution in [0.4, 0.5) is 10.1 Å². The molecule has 1 aromatic heterocycles. The number of likely N-dealkylation sites (tertiary alicyclic amines) is 1. The Bertz CT molecular complexity index is 837. The largest absolute Gasteiger partial charge is 0.465 e. The van der Waals surface area contributed by atoms with Gasteiger partial charge in [0.05, 0.1) is 18.7 Å². The number of nitrogens with zero attached hydrogens (tertiary/aromatic N) is 2. The lowest BCUT2D eigenvalue weighted by Crippen LogP contribution is -2.61. The van der Waals surface area contributed by atoms with Crippen LogP contribution in [0.5, 0.6) is 0 Å². The molecule has 2 fully saturated rings. The number of hydrogen-bond donors (Lipinski definition) is 0. The van der Waals surface area contributed by atoms with E-state index in [0.29, 0.717) is 12.2 Å². The molecule has 0 radical (unpaired) electrons. The third-order valence-electron chi connectivity index (χ3n) is 5.58. The van der Waals surface area contributed by atoms with Crippen LogP contribution in [-0.2, 0) is 22.5 Å². The Hall–Kier alpha value is -2.18. The van der Waals surface area contributed by atoms with Gasteiger partial charge in [0, 0.05) is 18.7 Å². The van der Waals surface area contributed by atoms with E-state index in [4.69, 9.17) is 9.15 Å². The van der Waals surface area contributed by atoms with Crippen molar-refractivity contribution in [2.75, 3.05) is 31.1 Å². The molecular weight excluding hydrogens is 359 g/mol. The van der Waals surface area contributed by atoms with Gasteiger partial charge >= 0.3 is 0 Å². The molecule has 0 saturated carbocycles. The first kappa shape index (κ1) is 19.2. The maximum Gasteiger partial charge on any atom is 0.253 e. The standard InChI is InChI=1S/C22H27FN2O3/c1-2-5-19-8-9-20(28-19)13-24-11-4-10-22(15-24)16-25(21(26)14-27-22)18-7-3-6-17(23)12-18/h3,6-9,12H,2,4-5,10-11,13-16H2,1H3. The van der Waals surface area contributed by atoms with Crippen molar-refractivity contribution >= 4 is 11.6 Å². The smallest absolute Gasteiger partial charge is 0.253 e. The van der Waals surface area contributed by atoms with Gasteiger partial charge in [-0.2, -0.15) is 0 Å². The van der Waals surface area contributed by atoms with Gasteiger partial charge in [-0.25, -0.2) is 4.39 Å². The van der Waals surface area contributed by atoms with Crippen LogP contribution in [0.15, 0.2) is 40.8 Å². The summed E-state index contributed by atoms with van der Waals surface area (Å²) in [6.07, 6.45) is 3.91. The summed E-state index contributed by atoms with van der Waals surface area (Å²) < 4.78 is 25.6. The highest BCUT2D eigenvalue weighted by Gasteiger charge is 2.43. The Morgan fingerprint density at radius 3 is 2.86 bits per heavy atom. The molecule has 1 unspecified atom stereocenters. The van der Waals surface area contributed by atoms with Gasteiger partial charge < -0.3 is 14.1 Å². The zero-order chi connectivity index (χ0) is 19.6. The van der Waals surface area contributed by atoms with Crippen molar-refractivity contribution in [1.29, 1.82) is 0 Å². The highest BCUT2D eigenvalue weighted by Crippen LogP contribution is 2.32. The number of rotatable bonds is 5. The van der Waals surface area contributed by atoms with Crippen molar-refractivity contribution in [1.82, 2.24) is 4.90 Å². The van der Waals surface area contributed by atoms with Crippen LogP contribution in [0, 0.1) is 5.82 Å². The monoisotopic (exact) mass is 386 g/mol. The zero-order valence-electron chi connectivity index (χ0n) is 16.3. The van der Waals surface area contributed by atoms with E-state index >= 15 is 0 Å². The second-order valence-electron chi connectivity index (χ2n) is 7.86. The summed E-state index contributed by atoms with van der Waals surface area (Å²) in [6, 6.07) is 10.3. The predicted octanol–water partition coefficient (Wildman–Crippen LogP) is 3.77. The number of piperidine rings is 1. The van der Waals surface area contributed by atoms with Crippen molar-refractivity contribution in [2.45, 2.75) is 44.8 Å². The van der Waals surface area contributed by atoms with E-state index in [9.17, 15) is 9.18 Å². The van der Waals surface area contributed by atoms with Crippen LogP contribution in [0.3, 0.4) is 0 Å². The zero-order valence-corrected chi connectivity index (χ0v) is 16.3. The lowest BCUT2D eigenvalue weighted by atomic mass is 9.90. The number of aryl methyl sites for hydroxylation is 1. The van der Waals surface area contributed by atoms with Crippen LogP contribution in [-0.4, -0.2) is 42.6 Å². The summed E-state index contributed by atoms with van der Waals surface area (Å²) in [5, 5.41) is 0. The number of ether oxygens (including phenoxy) is 1. The normalized spacial score (nSPS) is 23.5. The third kappa shape index (κ3) is 4.13. The molecule has 150 valence electrons. The fourth-order valence-corrected chi connectivity index (χ4v) is 4.27. The number of furan rings is 1. The van der Waals surface area contributed by atoms with E-state index in [1.807, 2.05) is 0 Å². The van der Waals surface area contributed by atoms with E-state index in [-0.39, 0.29) is 18.3 Å². The van der Waals surface area contributed by atoms with Gasteiger partial charge in [-0.15, -0.1) is 0 Å². The van der Waals surface area contributed by atoms with Crippen LogP contribution >= 0.6 is 0 Å². The minimum atomic E-state index is -0.419. The number of carbonyl (C=O) groups excluding carboxylic acids is 1. The Morgan fingerprint density at radius 2 is 2.04 bits per heavy atom. The highest BCUT2D eigenvalue weighted by molar-refractivity contribution is 5.95. The first-order valence-electron chi connectivity index (χ1n) is 10.1. The Balaban J connectivity index is 1.46. The van der Waals surface area contributed by atoms with E-state index < -0.39 is 5.60 Å². The maximum absolute atomic E-state index is 13.7. The summed E-state index contributed by atoms with van der Waals surface area (Å²) in [4.78, 5) is 16.4. The molecule has 1 atom stereocenters. The Labute approximate surface area is 165 Å². The van der Waals surface area contributed by atoms with Gasteiger partial charge in [0.25, 0.3) is 5.91 Å². The summed E-state index contributed by atoms with van der Waals surface area (Å²) in [5.74, 6) is 1.54. The Morgan fingerprint density at radius 1 is 1.18 bits per heavy atom. The molecule has 2 saturated heterocycles. The topological polar surface area (TPSA) is 45.9 Å². The molecule has 28 heavy (non-hydrogen) atoms. The molecule has 1 amide bonds. The van der Waals surface area contributed by atoms with E-state index in [2.05, 4.69) is 24.0 Å². The third-order valence-corrected chi connectivity index (χ3v) is 5.58. The summed E-state index contributed by atoms with van der Waals surface area (Å²) in [5.41, 5.74) is 0.178. The second-order valence-corrected chi connectivity index (χ2v) is 7.86. The van der Waals surface area contributed by atoms with Gasteiger partial charge in [-0.1, -0.05) is 13.0 Å². The SMILES string of the molecule is CCCc1ccc(CN2CCCC3(C2)CN(c2cccc(F)c2)C(=O)CO3)o1. The molecule has 2 aliphatic rings. The first-order valence-corrected chi connectivity index (χ1v) is 10.1. The van der Waals surface area contributed by atoms with Crippen molar-refractivity contribution in [2.24, 2.45) is 0 Å². The molecule has 1 spiro atoms. The van der Waals surface area contributed by atoms with Gasteiger partial charge in [0.1, 0.15) is 23.9 Å². The van der Waals surface area contributed by atoms with Crippen LogP contribution < -0.4 is 4.90 Å². The number of carbonyl (C=O) groups is 1. The number of anilines is 1. The van der Waals surface area contributed by atoms with Gasteiger partial charge in [0.15, 0.2) is 0 Å². The summed E-state index contributed by atoms with van der Waals surface area (Å²) in [6.45, 7) is 5.07. The fraction of sp³-hybridized carbons (Fsp3) is 0.500. The molecular formula is C22H27FN2O3. The molecule has 0 aliphatic carbocycles. The van der Waals surface area contributed by atoms with Gasteiger partial charge in [0.2, 0.25) is 0 Å².